The first-order valence-corrected chi connectivity index (χ1v) is 11.6. The van der Waals surface area contributed by atoms with E-state index in [1.165, 1.54) is 4.90 Å². The van der Waals surface area contributed by atoms with Gasteiger partial charge in [-0.2, -0.15) is 0 Å². The van der Waals surface area contributed by atoms with E-state index in [0.29, 0.717) is 19.4 Å². The number of cyclic esters (lactones) is 1. The smallest absolute Gasteiger partial charge is 0.416 e. The molecule has 0 bridgehead atoms. The molecule has 1 saturated heterocycles. The van der Waals surface area contributed by atoms with Crippen molar-refractivity contribution >= 4 is 24.4 Å². The molecule has 0 saturated carbocycles. The summed E-state index contributed by atoms with van der Waals surface area (Å²) in [6.45, 7) is 0.955. The van der Waals surface area contributed by atoms with E-state index >= 15 is 0 Å². The van der Waals surface area contributed by atoms with Crippen molar-refractivity contribution in [3.05, 3.63) is 108 Å². The lowest BCUT2D eigenvalue weighted by atomic mass is 9.91. The third kappa shape index (κ3) is 7.15. The molecule has 3 aromatic rings. The van der Waals surface area contributed by atoms with Gasteiger partial charge in [0.1, 0.15) is 6.61 Å². The van der Waals surface area contributed by atoms with Gasteiger partial charge in [-0.1, -0.05) is 91.0 Å². The third-order valence-electron chi connectivity index (χ3n) is 6.12. The number of halogens is 1. The van der Waals surface area contributed by atoms with Crippen LogP contribution in [0.2, 0.25) is 0 Å². The molecule has 1 fully saturated rings. The summed E-state index contributed by atoms with van der Waals surface area (Å²) in [5, 5.41) is 14.3. The first-order chi connectivity index (χ1) is 16.6. The quantitative estimate of drug-likeness (QED) is 0.445. The van der Waals surface area contributed by atoms with Crippen molar-refractivity contribution in [1.82, 2.24) is 10.2 Å². The van der Waals surface area contributed by atoms with E-state index < -0.39 is 30.1 Å². The average molecular weight is 495 g/mol. The predicted octanol–water partition coefficient (Wildman–Crippen LogP) is 4.01. The molecule has 1 aliphatic heterocycles. The highest BCUT2D eigenvalue weighted by molar-refractivity contribution is 5.95. The van der Waals surface area contributed by atoms with Crippen molar-refractivity contribution in [3.63, 3.8) is 0 Å². The standard InChI is InChI=1S/C28H30N2O4.ClH/c31-26(19-29-18-23-14-8-3-9-15-23)25(17-22-12-6-2-7-13-22)27(32)30-24(20-34-28(30)33)16-21-10-4-1-5-11-21;/h1-15,24-26,29,31H,16-20H2;1H/t24-,25+,26-;/m1./s1. The second-order valence-corrected chi connectivity index (χ2v) is 8.61. The van der Waals surface area contributed by atoms with Gasteiger partial charge < -0.3 is 15.2 Å². The highest BCUT2D eigenvalue weighted by Crippen LogP contribution is 2.23. The topological polar surface area (TPSA) is 78.9 Å². The fraction of sp³-hybridized carbons (Fsp3) is 0.286. The van der Waals surface area contributed by atoms with Gasteiger partial charge in [0, 0.05) is 13.1 Å². The van der Waals surface area contributed by atoms with E-state index in [-0.39, 0.29) is 25.6 Å². The Labute approximate surface area is 212 Å². The summed E-state index contributed by atoms with van der Waals surface area (Å²) in [5.74, 6) is -1.18. The number of aliphatic hydroxyl groups excluding tert-OH is 1. The van der Waals surface area contributed by atoms with Crippen molar-refractivity contribution in [2.75, 3.05) is 13.2 Å². The number of hydrogen-bond donors (Lipinski definition) is 2. The summed E-state index contributed by atoms with van der Waals surface area (Å²) in [6, 6.07) is 28.8. The molecule has 1 heterocycles. The zero-order valence-corrected chi connectivity index (χ0v) is 20.3. The van der Waals surface area contributed by atoms with Crippen LogP contribution in [-0.2, 0) is 28.9 Å². The van der Waals surface area contributed by atoms with Crippen molar-refractivity contribution < 1.29 is 19.4 Å². The highest BCUT2D eigenvalue weighted by atomic mass is 35.5. The molecular formula is C28H31ClN2O4. The number of nitrogens with one attached hydrogen (secondary N) is 1. The fourth-order valence-corrected chi connectivity index (χ4v) is 4.30. The molecule has 0 spiro atoms. The molecule has 4 rings (SSSR count). The summed E-state index contributed by atoms with van der Waals surface area (Å²) in [4.78, 5) is 27.5. The van der Waals surface area contributed by atoms with E-state index in [0.717, 1.165) is 16.7 Å². The van der Waals surface area contributed by atoms with Crippen molar-refractivity contribution in [1.29, 1.82) is 0 Å². The van der Waals surface area contributed by atoms with Gasteiger partial charge in [0.2, 0.25) is 5.91 Å². The van der Waals surface area contributed by atoms with E-state index in [1.54, 1.807) is 0 Å². The normalized spacial score (nSPS) is 16.8. The van der Waals surface area contributed by atoms with Gasteiger partial charge >= 0.3 is 6.09 Å². The van der Waals surface area contributed by atoms with E-state index in [1.807, 2.05) is 91.0 Å². The molecule has 6 nitrogen and oxygen atoms in total. The van der Waals surface area contributed by atoms with Gasteiger partial charge in [0.15, 0.2) is 0 Å². The Morgan fingerprint density at radius 3 is 2.06 bits per heavy atom. The summed E-state index contributed by atoms with van der Waals surface area (Å²) in [7, 11) is 0. The molecule has 2 N–H and O–H groups in total. The third-order valence-corrected chi connectivity index (χ3v) is 6.12. The minimum Gasteiger partial charge on any atom is -0.447 e. The molecule has 35 heavy (non-hydrogen) atoms. The number of carbonyl (C=O) groups excluding carboxylic acids is 2. The lowest BCUT2D eigenvalue weighted by Gasteiger charge is -2.28. The number of imide groups is 1. The van der Waals surface area contributed by atoms with E-state index in [2.05, 4.69) is 5.32 Å². The molecule has 0 radical (unpaired) electrons. The molecule has 0 unspecified atom stereocenters. The summed E-state index contributed by atoms with van der Waals surface area (Å²) < 4.78 is 5.26. The minimum absolute atomic E-state index is 0. The zero-order valence-electron chi connectivity index (χ0n) is 19.5. The number of benzene rings is 3. The summed E-state index contributed by atoms with van der Waals surface area (Å²) >= 11 is 0. The SMILES string of the molecule is Cl.O=C1OC[C@@H](Cc2ccccc2)N1C(=O)[C@@H](Cc1ccccc1)[C@H](O)CNCc1ccccc1. The molecule has 3 aromatic carbocycles. The van der Waals surface area contributed by atoms with Crippen LogP contribution < -0.4 is 5.32 Å². The molecular weight excluding hydrogens is 464 g/mol. The van der Waals surface area contributed by atoms with Crippen LogP contribution in [0.3, 0.4) is 0 Å². The lowest BCUT2D eigenvalue weighted by Crippen LogP contribution is -2.49. The molecule has 0 aromatic heterocycles. The Morgan fingerprint density at radius 1 is 0.914 bits per heavy atom. The van der Waals surface area contributed by atoms with Crippen LogP contribution in [0.1, 0.15) is 16.7 Å². The molecule has 3 atom stereocenters. The first-order valence-electron chi connectivity index (χ1n) is 11.6. The Morgan fingerprint density at radius 2 is 1.46 bits per heavy atom. The van der Waals surface area contributed by atoms with Crippen LogP contribution in [0.15, 0.2) is 91.0 Å². The molecule has 2 amide bonds. The second-order valence-electron chi connectivity index (χ2n) is 8.61. The molecule has 0 aliphatic carbocycles. The van der Waals surface area contributed by atoms with Crippen LogP contribution >= 0.6 is 12.4 Å². The summed E-state index contributed by atoms with van der Waals surface area (Å²) in [6.07, 6.45) is -0.773. The maximum Gasteiger partial charge on any atom is 0.416 e. The largest absolute Gasteiger partial charge is 0.447 e. The van der Waals surface area contributed by atoms with Crippen LogP contribution in [0.4, 0.5) is 4.79 Å². The van der Waals surface area contributed by atoms with Crippen LogP contribution in [0.5, 0.6) is 0 Å². The number of amides is 2. The number of ether oxygens (including phenoxy) is 1. The van der Waals surface area contributed by atoms with Gasteiger partial charge in [-0.05, 0) is 29.5 Å². The highest BCUT2D eigenvalue weighted by Gasteiger charge is 2.42. The Kier molecular flexibility index (Phi) is 9.85. The Balaban J connectivity index is 0.00000342. The van der Waals surface area contributed by atoms with Crippen molar-refractivity contribution in [3.8, 4) is 0 Å². The number of rotatable bonds is 10. The van der Waals surface area contributed by atoms with Crippen molar-refractivity contribution in [2.24, 2.45) is 5.92 Å². The Hall–Kier alpha value is -3.19. The zero-order chi connectivity index (χ0) is 23.8. The van der Waals surface area contributed by atoms with Gasteiger partial charge in [0.05, 0.1) is 18.1 Å². The molecule has 1 aliphatic rings. The first kappa shape index (κ1) is 26.4. The number of carbonyl (C=O) groups is 2. The van der Waals surface area contributed by atoms with Crippen LogP contribution in [0.25, 0.3) is 0 Å². The Bertz CT molecular complexity index is 1070. The average Bonchev–Trinajstić information content (AvgIpc) is 3.23. The number of nitrogens with zero attached hydrogens (tertiary/aromatic N) is 1. The van der Waals surface area contributed by atoms with Gasteiger partial charge in [0.25, 0.3) is 0 Å². The van der Waals surface area contributed by atoms with Crippen LogP contribution in [-0.4, -0.2) is 47.3 Å². The fourth-order valence-electron chi connectivity index (χ4n) is 4.30. The second kappa shape index (κ2) is 13.0. The van der Waals surface area contributed by atoms with Crippen LogP contribution in [0, 0.1) is 5.92 Å². The van der Waals surface area contributed by atoms with E-state index in [4.69, 9.17) is 4.74 Å². The maximum absolute atomic E-state index is 13.7. The number of hydrogen-bond acceptors (Lipinski definition) is 5. The van der Waals surface area contributed by atoms with E-state index in [9.17, 15) is 14.7 Å². The molecule has 7 heteroatoms. The maximum atomic E-state index is 13.7. The lowest BCUT2D eigenvalue weighted by molar-refractivity contribution is -0.137. The van der Waals surface area contributed by atoms with Gasteiger partial charge in [-0.15, -0.1) is 12.4 Å². The number of aliphatic hydroxyl groups is 1. The van der Waals surface area contributed by atoms with Crippen molar-refractivity contribution in [2.45, 2.75) is 31.5 Å². The summed E-state index contributed by atoms with van der Waals surface area (Å²) in [5.41, 5.74) is 3.04. The molecule has 184 valence electrons. The van der Waals surface area contributed by atoms with Gasteiger partial charge in [-0.3, -0.25) is 4.79 Å². The monoisotopic (exact) mass is 494 g/mol. The minimum atomic E-state index is -0.970. The predicted molar refractivity (Wildman–Crippen MR) is 137 cm³/mol. The van der Waals surface area contributed by atoms with Gasteiger partial charge in [-0.25, -0.2) is 9.69 Å².